The van der Waals surface area contributed by atoms with Gasteiger partial charge in [0.25, 0.3) is 0 Å². The van der Waals surface area contributed by atoms with Crippen LogP contribution in [0.2, 0.25) is 0 Å². The van der Waals surface area contributed by atoms with Crippen molar-refractivity contribution in [2.75, 3.05) is 52.4 Å². The second-order valence-electron chi connectivity index (χ2n) is 8.44. The molecule has 0 amide bonds. The molecular formula is C19H37F3IN5. The number of piperidine rings is 1. The number of rotatable bonds is 7. The first-order valence-electron chi connectivity index (χ1n) is 10.3. The first-order valence-corrected chi connectivity index (χ1v) is 10.3. The number of aliphatic imine (C=N–C) groups is 1. The molecule has 5 nitrogen and oxygen atoms in total. The minimum Gasteiger partial charge on any atom is -0.357 e. The molecule has 0 spiro atoms. The first kappa shape index (κ1) is 25.7. The fraction of sp³-hybridized carbons (Fsp3) is 0.947. The fourth-order valence-electron chi connectivity index (χ4n) is 3.93. The van der Waals surface area contributed by atoms with Gasteiger partial charge in [0.05, 0.1) is 13.1 Å². The lowest BCUT2D eigenvalue weighted by atomic mass is 9.99. The fourth-order valence-corrected chi connectivity index (χ4v) is 3.93. The van der Waals surface area contributed by atoms with Crippen LogP contribution in [0.4, 0.5) is 13.2 Å². The zero-order chi connectivity index (χ0) is 19.9. The maximum atomic E-state index is 12.5. The topological polar surface area (TPSA) is 42.9 Å². The van der Waals surface area contributed by atoms with Crippen molar-refractivity contribution in [1.29, 1.82) is 0 Å². The van der Waals surface area contributed by atoms with Gasteiger partial charge >= 0.3 is 6.18 Å². The second-order valence-corrected chi connectivity index (χ2v) is 8.44. The van der Waals surface area contributed by atoms with Crippen LogP contribution in [0.5, 0.6) is 0 Å². The summed E-state index contributed by atoms with van der Waals surface area (Å²) in [5, 5.41) is 6.59. The van der Waals surface area contributed by atoms with Crippen LogP contribution in [0, 0.1) is 5.92 Å². The van der Waals surface area contributed by atoms with Gasteiger partial charge in [-0.25, -0.2) is 0 Å². The number of hydrogen-bond donors (Lipinski definition) is 2. The highest BCUT2D eigenvalue weighted by Crippen LogP contribution is 2.23. The van der Waals surface area contributed by atoms with Crippen molar-refractivity contribution in [2.45, 2.75) is 58.2 Å². The highest BCUT2D eigenvalue weighted by molar-refractivity contribution is 14.0. The number of nitrogens with zero attached hydrogens (tertiary/aromatic N) is 3. The molecule has 2 fully saturated rings. The number of halogens is 4. The van der Waals surface area contributed by atoms with Gasteiger partial charge in [0.15, 0.2) is 5.96 Å². The number of likely N-dealkylation sites (tertiary alicyclic amines) is 2. The summed E-state index contributed by atoms with van der Waals surface area (Å²) in [6.45, 7) is 11.1. The second kappa shape index (κ2) is 11.8. The molecule has 0 aromatic rings. The van der Waals surface area contributed by atoms with Crippen molar-refractivity contribution in [2.24, 2.45) is 10.9 Å². The van der Waals surface area contributed by atoms with Crippen LogP contribution in [-0.4, -0.2) is 79.8 Å². The number of hydrogen-bond acceptors (Lipinski definition) is 3. The number of nitrogens with one attached hydrogen (secondary N) is 2. The maximum absolute atomic E-state index is 12.5. The molecule has 0 aromatic heterocycles. The summed E-state index contributed by atoms with van der Waals surface area (Å²) < 4.78 is 37.6. The summed E-state index contributed by atoms with van der Waals surface area (Å²) in [5.41, 5.74) is 0.0135. The smallest absolute Gasteiger partial charge is 0.357 e. The molecule has 2 N–H and O–H groups in total. The molecule has 0 aliphatic carbocycles. The van der Waals surface area contributed by atoms with Gasteiger partial charge in [0.1, 0.15) is 0 Å². The van der Waals surface area contributed by atoms with Crippen LogP contribution in [0.25, 0.3) is 0 Å². The Balaban J connectivity index is 0.00000392. The van der Waals surface area contributed by atoms with E-state index in [-0.39, 0.29) is 35.4 Å². The Labute approximate surface area is 184 Å². The van der Waals surface area contributed by atoms with Crippen LogP contribution >= 0.6 is 24.0 Å². The molecule has 1 unspecified atom stereocenters. The Morgan fingerprint density at radius 1 is 1.07 bits per heavy atom. The average Bonchev–Trinajstić information content (AvgIpc) is 3.03. The van der Waals surface area contributed by atoms with Crippen molar-refractivity contribution in [3.8, 4) is 0 Å². The molecule has 28 heavy (non-hydrogen) atoms. The lowest BCUT2D eigenvalue weighted by Gasteiger charge is -2.40. The normalized spacial score (nSPS) is 22.8. The van der Waals surface area contributed by atoms with E-state index >= 15 is 0 Å². The van der Waals surface area contributed by atoms with Crippen LogP contribution in [0.15, 0.2) is 4.99 Å². The van der Waals surface area contributed by atoms with Crippen molar-refractivity contribution >= 4 is 29.9 Å². The Hall–Kier alpha value is -0.290. The molecule has 2 saturated heterocycles. The van der Waals surface area contributed by atoms with Gasteiger partial charge in [-0.2, -0.15) is 13.2 Å². The lowest BCUT2D eigenvalue weighted by Crippen LogP contribution is -2.50. The van der Waals surface area contributed by atoms with Gasteiger partial charge < -0.3 is 10.6 Å². The maximum Gasteiger partial charge on any atom is 0.401 e. The number of guanidine groups is 1. The minimum atomic E-state index is -4.11. The Morgan fingerprint density at radius 2 is 1.75 bits per heavy atom. The number of alkyl halides is 3. The van der Waals surface area contributed by atoms with Crippen LogP contribution in [0.3, 0.4) is 0 Å². The molecular weight excluding hydrogens is 482 g/mol. The monoisotopic (exact) mass is 519 g/mol. The van der Waals surface area contributed by atoms with Crippen molar-refractivity contribution in [3.05, 3.63) is 0 Å². The van der Waals surface area contributed by atoms with E-state index < -0.39 is 12.7 Å². The van der Waals surface area contributed by atoms with Crippen molar-refractivity contribution in [1.82, 2.24) is 20.4 Å². The SMILES string of the molecule is CCNC(=NCC(C)(C)N1CCCCC1)NCC1CCN(CC(F)(F)F)C1.I. The van der Waals surface area contributed by atoms with Crippen LogP contribution in [-0.2, 0) is 0 Å². The molecule has 1 atom stereocenters. The molecule has 0 aromatic carbocycles. The average molecular weight is 519 g/mol. The quantitative estimate of drug-likeness (QED) is 0.308. The summed E-state index contributed by atoms with van der Waals surface area (Å²) in [6, 6.07) is 0. The summed E-state index contributed by atoms with van der Waals surface area (Å²) >= 11 is 0. The summed E-state index contributed by atoms with van der Waals surface area (Å²) in [4.78, 5) is 8.76. The first-order chi connectivity index (χ1) is 12.7. The standard InChI is InChI=1S/C19H36F3N5.HI/c1-4-23-17(25-14-18(2,3)27-9-6-5-7-10-27)24-12-16-8-11-26(13-16)15-19(20,21)22;/h16H,4-15H2,1-3H3,(H2,23,24,25);1H. The highest BCUT2D eigenvalue weighted by atomic mass is 127. The van der Waals surface area contributed by atoms with E-state index in [0.717, 1.165) is 32.0 Å². The third-order valence-electron chi connectivity index (χ3n) is 5.51. The van der Waals surface area contributed by atoms with E-state index in [1.165, 1.54) is 24.2 Å². The Morgan fingerprint density at radius 3 is 2.36 bits per heavy atom. The molecule has 0 radical (unpaired) electrons. The predicted octanol–water partition coefficient (Wildman–Crippen LogP) is 3.31. The van der Waals surface area contributed by atoms with Crippen molar-refractivity contribution < 1.29 is 13.2 Å². The van der Waals surface area contributed by atoms with Gasteiger partial charge in [-0.1, -0.05) is 6.42 Å². The van der Waals surface area contributed by atoms with Gasteiger partial charge in [0.2, 0.25) is 0 Å². The van der Waals surface area contributed by atoms with E-state index in [9.17, 15) is 13.2 Å². The van der Waals surface area contributed by atoms with E-state index in [0.29, 0.717) is 26.2 Å². The minimum absolute atomic E-state index is 0. The largest absolute Gasteiger partial charge is 0.401 e. The Kier molecular flexibility index (Phi) is 10.8. The molecule has 0 saturated carbocycles. The zero-order valence-electron chi connectivity index (χ0n) is 17.4. The molecule has 2 heterocycles. The van der Waals surface area contributed by atoms with E-state index in [1.807, 2.05) is 6.92 Å². The molecule has 166 valence electrons. The van der Waals surface area contributed by atoms with Gasteiger partial charge in [-0.05, 0) is 65.6 Å². The third-order valence-corrected chi connectivity index (χ3v) is 5.51. The van der Waals surface area contributed by atoms with Gasteiger partial charge in [-0.15, -0.1) is 24.0 Å². The Bertz CT molecular complexity index is 479. The molecule has 2 aliphatic rings. The summed E-state index contributed by atoms with van der Waals surface area (Å²) in [6.07, 6.45) is 0.496. The van der Waals surface area contributed by atoms with E-state index in [4.69, 9.17) is 4.99 Å². The molecule has 9 heteroatoms. The van der Waals surface area contributed by atoms with Crippen LogP contribution < -0.4 is 10.6 Å². The van der Waals surface area contributed by atoms with E-state index in [1.54, 1.807) is 0 Å². The summed E-state index contributed by atoms with van der Waals surface area (Å²) in [5.74, 6) is 0.989. The van der Waals surface area contributed by atoms with Gasteiger partial charge in [0, 0.05) is 25.2 Å². The summed E-state index contributed by atoms with van der Waals surface area (Å²) in [7, 11) is 0. The van der Waals surface area contributed by atoms with Gasteiger partial charge in [-0.3, -0.25) is 14.8 Å². The van der Waals surface area contributed by atoms with Crippen LogP contribution in [0.1, 0.15) is 46.5 Å². The van der Waals surface area contributed by atoms with E-state index in [2.05, 4.69) is 29.4 Å². The highest BCUT2D eigenvalue weighted by Gasteiger charge is 2.34. The lowest BCUT2D eigenvalue weighted by molar-refractivity contribution is -0.143. The molecule has 2 rings (SSSR count). The molecule has 0 bridgehead atoms. The predicted molar refractivity (Wildman–Crippen MR) is 120 cm³/mol. The third kappa shape index (κ3) is 9.02. The molecule has 2 aliphatic heterocycles. The zero-order valence-corrected chi connectivity index (χ0v) is 19.8. The van der Waals surface area contributed by atoms with Crippen molar-refractivity contribution in [3.63, 3.8) is 0 Å².